The normalized spacial score (nSPS) is 17.6. The number of benzene rings is 1. The van der Waals surface area contributed by atoms with E-state index in [1.54, 1.807) is 0 Å². The summed E-state index contributed by atoms with van der Waals surface area (Å²) in [4.78, 5) is 24.2. The number of rotatable bonds is 8. The second kappa shape index (κ2) is 10.4. The maximum absolute atomic E-state index is 12.7. The predicted molar refractivity (Wildman–Crippen MR) is 140 cm³/mol. The summed E-state index contributed by atoms with van der Waals surface area (Å²) in [6.45, 7) is 4.69. The number of likely N-dealkylation sites (tertiary alicyclic amines) is 1. The summed E-state index contributed by atoms with van der Waals surface area (Å²) >= 11 is 0. The highest BCUT2D eigenvalue weighted by atomic mass is 16.5. The highest BCUT2D eigenvalue weighted by Crippen LogP contribution is 2.32. The molecule has 3 heterocycles. The second-order valence-electron chi connectivity index (χ2n) is 10.5. The Hall–Kier alpha value is -2.83. The van der Waals surface area contributed by atoms with Gasteiger partial charge in [0.1, 0.15) is 17.1 Å². The number of aromatic nitrogens is 3. The number of carbonyl (C=O) groups excluding carboxylic acids is 1. The molecular formula is C28H39N5O2. The number of hydrogen-bond donors (Lipinski definition) is 1. The van der Waals surface area contributed by atoms with Crippen molar-refractivity contribution in [3.8, 4) is 5.75 Å². The molecule has 35 heavy (non-hydrogen) atoms. The molecular weight excluding hydrogens is 438 g/mol. The third-order valence-electron chi connectivity index (χ3n) is 8.07. The average Bonchev–Trinajstić information content (AvgIpc) is 3.52. The molecule has 0 unspecified atom stereocenters. The van der Waals surface area contributed by atoms with Gasteiger partial charge in [0.05, 0.1) is 17.6 Å². The largest absolute Gasteiger partial charge is 0.494 e. The van der Waals surface area contributed by atoms with E-state index >= 15 is 0 Å². The number of amides is 1. The number of aryl methyl sites for hydroxylation is 2. The van der Waals surface area contributed by atoms with Crippen LogP contribution in [0.15, 0.2) is 18.2 Å². The lowest BCUT2D eigenvalue weighted by Gasteiger charge is -2.33. The number of anilines is 1. The molecule has 1 saturated heterocycles. The van der Waals surface area contributed by atoms with Crippen molar-refractivity contribution in [3.63, 3.8) is 0 Å². The summed E-state index contributed by atoms with van der Waals surface area (Å²) in [7, 11) is 2.07. The summed E-state index contributed by atoms with van der Waals surface area (Å²) < 4.78 is 8.36. The Balaban J connectivity index is 1.21. The number of nitrogens with two attached hydrogens (primary N) is 1. The van der Waals surface area contributed by atoms with E-state index in [9.17, 15) is 4.79 Å². The second-order valence-corrected chi connectivity index (χ2v) is 10.5. The van der Waals surface area contributed by atoms with Crippen molar-refractivity contribution < 1.29 is 9.53 Å². The molecule has 1 aromatic carbocycles. The molecule has 1 aliphatic heterocycles. The van der Waals surface area contributed by atoms with Gasteiger partial charge in [-0.1, -0.05) is 26.2 Å². The van der Waals surface area contributed by atoms with Crippen molar-refractivity contribution in [2.45, 2.75) is 71.1 Å². The van der Waals surface area contributed by atoms with Gasteiger partial charge in [0.25, 0.3) is 0 Å². The van der Waals surface area contributed by atoms with E-state index in [-0.39, 0.29) is 0 Å². The minimum Gasteiger partial charge on any atom is -0.494 e. The van der Waals surface area contributed by atoms with E-state index in [1.807, 2.05) is 12.1 Å². The van der Waals surface area contributed by atoms with Crippen LogP contribution in [0.1, 0.15) is 70.5 Å². The van der Waals surface area contributed by atoms with Gasteiger partial charge in [-0.2, -0.15) is 0 Å². The molecule has 188 valence electrons. The molecule has 0 atom stereocenters. The fourth-order valence-electron chi connectivity index (χ4n) is 5.88. The van der Waals surface area contributed by atoms with Gasteiger partial charge in [-0.3, -0.25) is 4.79 Å². The van der Waals surface area contributed by atoms with E-state index in [4.69, 9.17) is 15.5 Å². The van der Waals surface area contributed by atoms with Gasteiger partial charge in [0.15, 0.2) is 5.82 Å². The van der Waals surface area contributed by atoms with Crippen LogP contribution in [-0.2, 0) is 18.3 Å². The van der Waals surface area contributed by atoms with Crippen LogP contribution >= 0.6 is 0 Å². The van der Waals surface area contributed by atoms with E-state index < -0.39 is 0 Å². The van der Waals surface area contributed by atoms with Crippen molar-refractivity contribution in [2.75, 3.05) is 25.4 Å². The van der Waals surface area contributed by atoms with Crippen molar-refractivity contribution in [1.29, 1.82) is 0 Å². The van der Waals surface area contributed by atoms with Crippen molar-refractivity contribution in [1.82, 2.24) is 19.4 Å². The van der Waals surface area contributed by atoms with Crippen LogP contribution in [0.3, 0.4) is 0 Å². The summed E-state index contributed by atoms with van der Waals surface area (Å²) in [6.07, 6.45) is 11.0. The van der Waals surface area contributed by atoms with Crippen molar-refractivity contribution in [2.24, 2.45) is 18.9 Å². The summed E-state index contributed by atoms with van der Waals surface area (Å²) in [5.74, 6) is 3.71. The monoisotopic (exact) mass is 477 g/mol. The van der Waals surface area contributed by atoms with Gasteiger partial charge in [-0.25, -0.2) is 9.97 Å². The first-order valence-corrected chi connectivity index (χ1v) is 13.5. The zero-order valence-electron chi connectivity index (χ0n) is 21.3. The average molecular weight is 478 g/mol. The number of nitrogens with zero attached hydrogens (tertiary/aromatic N) is 4. The van der Waals surface area contributed by atoms with Crippen LogP contribution in [0.2, 0.25) is 0 Å². The van der Waals surface area contributed by atoms with Crippen LogP contribution in [0.25, 0.3) is 21.9 Å². The first-order valence-electron chi connectivity index (χ1n) is 13.5. The summed E-state index contributed by atoms with van der Waals surface area (Å²) in [5.41, 5.74) is 8.93. The quantitative estimate of drug-likeness (QED) is 0.479. The van der Waals surface area contributed by atoms with Crippen LogP contribution in [-0.4, -0.2) is 45.0 Å². The molecule has 0 radical (unpaired) electrons. The first-order chi connectivity index (χ1) is 17.0. The number of unbranched alkanes of at least 4 members (excludes halogenated alkanes) is 1. The Morgan fingerprint density at radius 2 is 1.91 bits per heavy atom. The molecule has 3 aromatic rings. The van der Waals surface area contributed by atoms with Crippen LogP contribution in [0, 0.1) is 11.8 Å². The van der Waals surface area contributed by atoms with Crippen LogP contribution in [0.4, 0.5) is 5.82 Å². The Labute approximate surface area is 208 Å². The Morgan fingerprint density at radius 3 is 2.66 bits per heavy atom. The minimum atomic E-state index is 0.293. The van der Waals surface area contributed by atoms with E-state index in [2.05, 4.69) is 34.5 Å². The lowest BCUT2D eigenvalue weighted by Crippen LogP contribution is -2.41. The number of fused-ring (bicyclic) bond motifs is 3. The summed E-state index contributed by atoms with van der Waals surface area (Å²) in [6, 6.07) is 6.06. The van der Waals surface area contributed by atoms with Gasteiger partial charge in [-0.05, 0) is 62.6 Å². The number of piperidine rings is 1. The Kier molecular flexibility index (Phi) is 7.12. The number of hydrogen-bond acceptors (Lipinski definition) is 5. The topological polar surface area (TPSA) is 86.3 Å². The third-order valence-corrected chi connectivity index (χ3v) is 8.07. The molecule has 1 amide bonds. The van der Waals surface area contributed by atoms with Gasteiger partial charge in [0.2, 0.25) is 5.91 Å². The molecule has 1 saturated carbocycles. The predicted octanol–water partition coefficient (Wildman–Crippen LogP) is 5.24. The smallest absolute Gasteiger partial charge is 0.225 e. The molecule has 7 nitrogen and oxygen atoms in total. The molecule has 0 spiro atoms. The van der Waals surface area contributed by atoms with E-state index in [0.717, 1.165) is 98.0 Å². The molecule has 2 aliphatic rings. The lowest BCUT2D eigenvalue weighted by molar-refractivity contribution is -0.136. The highest BCUT2D eigenvalue weighted by Gasteiger charge is 2.30. The number of pyridine rings is 1. The third kappa shape index (κ3) is 4.95. The molecule has 5 rings (SSSR count). The highest BCUT2D eigenvalue weighted by molar-refractivity contribution is 6.07. The van der Waals surface area contributed by atoms with Gasteiger partial charge >= 0.3 is 0 Å². The fraction of sp³-hybridized carbons (Fsp3) is 0.607. The SMILES string of the molecule is CCCCc1nc2c(N)nc3ccc(OCCC4CCN(C(=O)C5CCCC5)CC4)cc3c2n1C. The minimum absolute atomic E-state index is 0.293. The summed E-state index contributed by atoms with van der Waals surface area (Å²) in [5, 5.41) is 1.03. The molecule has 1 aliphatic carbocycles. The molecule has 2 fully saturated rings. The molecule has 7 heteroatoms. The maximum Gasteiger partial charge on any atom is 0.225 e. The zero-order chi connectivity index (χ0) is 24.4. The number of ether oxygens (including phenoxy) is 1. The van der Waals surface area contributed by atoms with Gasteiger partial charge in [-0.15, -0.1) is 0 Å². The van der Waals surface area contributed by atoms with Gasteiger partial charge in [0, 0.05) is 37.9 Å². The van der Waals surface area contributed by atoms with Crippen LogP contribution in [0.5, 0.6) is 5.75 Å². The van der Waals surface area contributed by atoms with E-state index in [1.165, 1.54) is 12.8 Å². The maximum atomic E-state index is 12.7. The standard InChI is InChI=1S/C28H39N5O2/c1-3-4-9-24-31-25-26(32(24)2)22-18-21(10-11-23(22)30-27(25)29)35-17-14-19-12-15-33(16-13-19)28(34)20-7-5-6-8-20/h10-11,18-20H,3-9,12-17H2,1-2H3,(H2,29,30). The lowest BCUT2D eigenvalue weighted by atomic mass is 9.93. The van der Waals surface area contributed by atoms with Gasteiger partial charge < -0.3 is 19.9 Å². The number of imidazole rings is 1. The molecule has 2 N–H and O–H groups in total. The molecule has 0 bridgehead atoms. The van der Waals surface area contributed by atoms with Crippen molar-refractivity contribution >= 4 is 33.7 Å². The zero-order valence-corrected chi connectivity index (χ0v) is 21.3. The Bertz CT molecular complexity index is 1190. The Morgan fingerprint density at radius 1 is 1.14 bits per heavy atom. The van der Waals surface area contributed by atoms with E-state index in [0.29, 0.717) is 30.2 Å². The molecule has 2 aromatic heterocycles. The fourth-order valence-corrected chi connectivity index (χ4v) is 5.88. The van der Waals surface area contributed by atoms with Crippen LogP contribution < -0.4 is 10.5 Å². The number of carbonyl (C=O) groups is 1. The number of nitrogen functional groups attached to an aromatic ring is 1. The first kappa shape index (κ1) is 23.9. The van der Waals surface area contributed by atoms with Crippen molar-refractivity contribution in [3.05, 3.63) is 24.0 Å².